The molecule has 4 nitrogen and oxygen atoms in total. The van der Waals surface area contributed by atoms with Crippen molar-refractivity contribution in [1.29, 1.82) is 0 Å². The van der Waals surface area contributed by atoms with Gasteiger partial charge in [-0.05, 0) is 36.4 Å². The Morgan fingerprint density at radius 1 is 1.14 bits per heavy atom. The summed E-state index contributed by atoms with van der Waals surface area (Å²) in [6.07, 6.45) is 0. The van der Waals surface area contributed by atoms with E-state index in [0.717, 1.165) is 22.4 Å². The second kappa shape index (κ2) is 4.27. The van der Waals surface area contributed by atoms with Gasteiger partial charge in [0, 0.05) is 33.1 Å². The zero-order chi connectivity index (χ0) is 14.6. The van der Waals surface area contributed by atoms with Crippen LogP contribution >= 0.6 is 11.6 Å². The molecule has 0 bridgehead atoms. The Morgan fingerprint density at radius 2 is 2.00 bits per heavy atom. The Hall–Kier alpha value is -2.46. The van der Waals surface area contributed by atoms with Gasteiger partial charge < -0.3 is 15.8 Å². The molecule has 3 N–H and O–H groups in total. The average molecular weight is 299 g/mol. The Morgan fingerprint density at radius 3 is 2.86 bits per heavy atom. The van der Waals surface area contributed by atoms with Crippen molar-refractivity contribution in [3.05, 3.63) is 58.1 Å². The van der Waals surface area contributed by atoms with E-state index in [-0.39, 0.29) is 5.91 Å². The summed E-state index contributed by atoms with van der Waals surface area (Å²) in [7, 11) is 0. The zero-order valence-electron chi connectivity index (χ0n) is 10.9. The molecule has 0 atom stereocenters. The van der Waals surface area contributed by atoms with E-state index < -0.39 is 0 Å². The highest BCUT2D eigenvalue weighted by atomic mass is 35.5. The number of nitrogens with two attached hydrogens (primary N) is 1. The molecule has 0 spiro atoms. The first-order valence-electron chi connectivity index (χ1n) is 6.50. The lowest BCUT2D eigenvalue weighted by Crippen LogP contribution is -2.05. The van der Waals surface area contributed by atoms with Gasteiger partial charge in [0.2, 0.25) is 0 Å². The summed E-state index contributed by atoms with van der Waals surface area (Å²) in [5.74, 6) is 0.412. The maximum atomic E-state index is 12.3. The van der Waals surface area contributed by atoms with Gasteiger partial charge in [-0.3, -0.25) is 4.79 Å². The smallest absolute Gasteiger partial charge is 0.260 e. The quantitative estimate of drug-likeness (QED) is 0.579. The maximum absolute atomic E-state index is 12.3. The number of halogens is 1. The first-order chi connectivity index (χ1) is 10.1. The minimum atomic E-state index is -0.174. The number of benzene rings is 2. The first kappa shape index (κ1) is 12.3. The lowest BCUT2D eigenvalue weighted by atomic mass is 10.0. The van der Waals surface area contributed by atoms with Crippen LogP contribution in [0, 0.1) is 0 Å². The van der Waals surface area contributed by atoms with E-state index in [1.165, 1.54) is 0 Å². The van der Waals surface area contributed by atoms with Crippen LogP contribution in [0.4, 0.5) is 11.4 Å². The molecule has 2 aromatic carbocycles. The number of ether oxygens (including phenoxy) is 1. The van der Waals surface area contributed by atoms with Crippen molar-refractivity contribution in [2.24, 2.45) is 0 Å². The SMILES string of the molecule is Nc1ccc2c(c1)CO/C2=C1/C(=O)Nc2ccc(Cl)cc21. The molecule has 0 saturated carbocycles. The van der Waals surface area contributed by atoms with Gasteiger partial charge >= 0.3 is 0 Å². The second-order valence-corrected chi connectivity index (χ2v) is 5.49. The van der Waals surface area contributed by atoms with E-state index in [0.29, 0.717) is 28.6 Å². The lowest BCUT2D eigenvalue weighted by molar-refractivity contribution is -0.110. The summed E-state index contributed by atoms with van der Waals surface area (Å²) in [6, 6.07) is 10.9. The number of rotatable bonds is 0. The van der Waals surface area contributed by atoms with Gasteiger partial charge in [0.15, 0.2) is 0 Å². The highest BCUT2D eigenvalue weighted by Crippen LogP contribution is 2.42. The van der Waals surface area contributed by atoms with Gasteiger partial charge in [-0.1, -0.05) is 11.6 Å². The predicted octanol–water partition coefficient (Wildman–Crippen LogP) is 3.27. The molecule has 5 heteroatoms. The van der Waals surface area contributed by atoms with Crippen LogP contribution in [0.5, 0.6) is 0 Å². The van der Waals surface area contributed by atoms with E-state index in [2.05, 4.69) is 5.32 Å². The molecule has 0 aromatic heterocycles. The molecule has 0 radical (unpaired) electrons. The molecule has 0 fully saturated rings. The molecule has 2 heterocycles. The van der Waals surface area contributed by atoms with Crippen molar-refractivity contribution < 1.29 is 9.53 Å². The van der Waals surface area contributed by atoms with Crippen LogP contribution in [0.2, 0.25) is 5.02 Å². The van der Waals surface area contributed by atoms with Crippen LogP contribution in [0.1, 0.15) is 16.7 Å². The van der Waals surface area contributed by atoms with Gasteiger partial charge in [0.1, 0.15) is 12.4 Å². The predicted molar refractivity (Wildman–Crippen MR) is 82.5 cm³/mol. The second-order valence-electron chi connectivity index (χ2n) is 5.05. The van der Waals surface area contributed by atoms with Crippen molar-refractivity contribution in [1.82, 2.24) is 0 Å². The van der Waals surface area contributed by atoms with E-state index in [4.69, 9.17) is 22.1 Å². The van der Waals surface area contributed by atoms with Gasteiger partial charge in [-0.25, -0.2) is 0 Å². The van der Waals surface area contributed by atoms with Crippen molar-refractivity contribution in [2.45, 2.75) is 6.61 Å². The summed E-state index contributed by atoms with van der Waals surface area (Å²) < 4.78 is 5.75. The first-order valence-corrected chi connectivity index (χ1v) is 6.88. The third-order valence-corrected chi connectivity index (χ3v) is 3.93. The molecule has 2 aromatic rings. The molecule has 0 unspecified atom stereocenters. The van der Waals surface area contributed by atoms with Crippen LogP contribution in [0.25, 0.3) is 11.3 Å². The number of hydrogen-bond acceptors (Lipinski definition) is 3. The van der Waals surface area contributed by atoms with Crippen LogP contribution in [-0.2, 0) is 16.1 Å². The van der Waals surface area contributed by atoms with E-state index in [9.17, 15) is 4.79 Å². The number of carbonyl (C=O) groups excluding carboxylic acids is 1. The molecule has 0 saturated heterocycles. The highest BCUT2D eigenvalue weighted by Gasteiger charge is 2.32. The molecule has 2 aliphatic rings. The Bertz CT molecular complexity index is 827. The number of fused-ring (bicyclic) bond motifs is 2. The van der Waals surface area contributed by atoms with E-state index in [1.807, 2.05) is 12.1 Å². The fourth-order valence-electron chi connectivity index (χ4n) is 2.75. The fraction of sp³-hybridized carbons (Fsp3) is 0.0625. The largest absolute Gasteiger partial charge is 0.487 e. The molecule has 1 amide bonds. The van der Waals surface area contributed by atoms with Gasteiger partial charge in [-0.15, -0.1) is 0 Å². The number of amides is 1. The number of carbonyl (C=O) groups is 1. The summed E-state index contributed by atoms with van der Waals surface area (Å²) in [6.45, 7) is 0.419. The van der Waals surface area contributed by atoms with Crippen molar-refractivity contribution in [3.63, 3.8) is 0 Å². The van der Waals surface area contributed by atoms with Crippen molar-refractivity contribution in [3.8, 4) is 0 Å². The van der Waals surface area contributed by atoms with Crippen molar-refractivity contribution >= 4 is 40.2 Å². The Labute approximate surface area is 126 Å². The Balaban J connectivity index is 1.96. The third kappa shape index (κ3) is 1.80. The van der Waals surface area contributed by atoms with Crippen LogP contribution in [0.15, 0.2) is 36.4 Å². The summed E-state index contributed by atoms with van der Waals surface area (Å²) in [4.78, 5) is 12.3. The van der Waals surface area contributed by atoms with Crippen LogP contribution < -0.4 is 11.1 Å². The molecular formula is C16H11ClN2O2. The monoisotopic (exact) mass is 298 g/mol. The van der Waals surface area contributed by atoms with E-state index >= 15 is 0 Å². The number of nitrogens with one attached hydrogen (secondary N) is 1. The van der Waals surface area contributed by atoms with E-state index in [1.54, 1.807) is 24.3 Å². The summed E-state index contributed by atoms with van der Waals surface area (Å²) >= 11 is 6.05. The minimum absolute atomic E-state index is 0.174. The normalized spacial score (nSPS) is 19.0. The Kier molecular flexibility index (Phi) is 2.50. The topological polar surface area (TPSA) is 64.3 Å². The average Bonchev–Trinajstić information content (AvgIpc) is 2.98. The van der Waals surface area contributed by atoms with Gasteiger partial charge in [0.05, 0.1) is 5.57 Å². The molecule has 104 valence electrons. The fourth-order valence-corrected chi connectivity index (χ4v) is 2.93. The standard InChI is InChI=1S/C16H11ClN2O2/c17-9-1-4-13-12(6-9)14(16(20)19-13)15-11-3-2-10(18)5-8(11)7-21-15/h1-6H,7,18H2,(H,19,20)/b15-14+. The highest BCUT2D eigenvalue weighted by molar-refractivity contribution is 6.37. The van der Waals surface area contributed by atoms with Gasteiger partial charge in [0.25, 0.3) is 5.91 Å². The molecule has 21 heavy (non-hydrogen) atoms. The lowest BCUT2D eigenvalue weighted by Gasteiger charge is -2.05. The maximum Gasteiger partial charge on any atom is 0.260 e. The van der Waals surface area contributed by atoms with Gasteiger partial charge in [-0.2, -0.15) is 0 Å². The summed E-state index contributed by atoms with van der Waals surface area (Å²) in [5, 5.41) is 3.42. The molecule has 2 aliphatic heterocycles. The van der Waals surface area contributed by atoms with Crippen LogP contribution in [-0.4, -0.2) is 5.91 Å². The molecule has 0 aliphatic carbocycles. The third-order valence-electron chi connectivity index (χ3n) is 3.70. The zero-order valence-corrected chi connectivity index (χ0v) is 11.7. The number of nitrogen functional groups attached to an aromatic ring is 1. The number of anilines is 2. The molecular weight excluding hydrogens is 288 g/mol. The minimum Gasteiger partial charge on any atom is -0.487 e. The molecule has 4 rings (SSSR count). The number of hydrogen-bond donors (Lipinski definition) is 2. The van der Waals surface area contributed by atoms with Crippen molar-refractivity contribution in [2.75, 3.05) is 11.1 Å². The van der Waals surface area contributed by atoms with Crippen LogP contribution in [0.3, 0.4) is 0 Å². The summed E-state index contributed by atoms with van der Waals surface area (Å²) in [5.41, 5.74) is 10.4.